The minimum atomic E-state index is -0.660. The van der Waals surface area contributed by atoms with E-state index in [0.29, 0.717) is 5.92 Å². The molecule has 2 saturated carbocycles. The molecule has 0 atom stereocenters. The predicted octanol–water partition coefficient (Wildman–Crippen LogP) is 3.35. The lowest BCUT2D eigenvalue weighted by molar-refractivity contribution is -0.143. The fourth-order valence-electron chi connectivity index (χ4n) is 3.72. The van der Waals surface area contributed by atoms with E-state index in [1.165, 1.54) is 32.1 Å². The third-order valence-corrected chi connectivity index (χ3v) is 5.24. The van der Waals surface area contributed by atoms with Gasteiger partial charge in [-0.15, -0.1) is 0 Å². The Bertz CT molecular complexity index is 340. The molecule has 2 rings (SSSR count). The maximum absolute atomic E-state index is 12.3. The van der Waals surface area contributed by atoms with Crippen molar-refractivity contribution in [2.24, 2.45) is 17.8 Å². The summed E-state index contributed by atoms with van der Waals surface area (Å²) >= 11 is 0. The van der Waals surface area contributed by atoms with E-state index >= 15 is 0 Å². The Balaban J connectivity index is 1.67. The van der Waals surface area contributed by atoms with E-state index in [9.17, 15) is 9.59 Å². The Morgan fingerprint density at radius 2 is 1.38 bits per heavy atom. The molecule has 0 radical (unpaired) electrons. The van der Waals surface area contributed by atoms with Crippen LogP contribution in [-0.4, -0.2) is 23.5 Å². The topological polar surface area (TPSA) is 66.4 Å². The smallest absolute Gasteiger partial charge is 0.306 e. The summed E-state index contributed by atoms with van der Waals surface area (Å²) in [6.45, 7) is 0.738. The van der Waals surface area contributed by atoms with Gasteiger partial charge in [0, 0.05) is 12.5 Å². The van der Waals surface area contributed by atoms with Crippen LogP contribution in [0.5, 0.6) is 0 Å². The van der Waals surface area contributed by atoms with Gasteiger partial charge < -0.3 is 10.4 Å². The summed E-state index contributed by atoms with van der Waals surface area (Å²) in [4.78, 5) is 23.2. The van der Waals surface area contributed by atoms with Crippen molar-refractivity contribution in [3.05, 3.63) is 0 Å². The molecule has 0 spiro atoms. The molecule has 1 amide bonds. The number of rotatable bonds is 4. The van der Waals surface area contributed by atoms with Gasteiger partial charge in [-0.3, -0.25) is 9.59 Å². The van der Waals surface area contributed by atoms with E-state index in [4.69, 9.17) is 5.11 Å². The average Bonchev–Trinajstić information content (AvgIpc) is 2.45. The lowest BCUT2D eigenvalue weighted by Gasteiger charge is -2.27. The summed E-state index contributed by atoms with van der Waals surface area (Å²) in [6.07, 6.45) is 11.7. The summed E-state index contributed by atoms with van der Waals surface area (Å²) < 4.78 is 0. The van der Waals surface area contributed by atoms with E-state index in [1.807, 2.05) is 0 Å². The molecule has 0 aromatic rings. The molecule has 0 saturated heterocycles. The quantitative estimate of drug-likeness (QED) is 0.835. The van der Waals surface area contributed by atoms with Crippen molar-refractivity contribution in [1.29, 1.82) is 0 Å². The third kappa shape index (κ3) is 5.33. The fourth-order valence-corrected chi connectivity index (χ4v) is 3.72. The van der Waals surface area contributed by atoms with E-state index in [1.54, 1.807) is 0 Å². The molecule has 0 aromatic heterocycles. The van der Waals surface area contributed by atoms with Crippen LogP contribution in [-0.2, 0) is 9.59 Å². The molecule has 2 fully saturated rings. The van der Waals surface area contributed by atoms with Gasteiger partial charge in [-0.1, -0.05) is 32.1 Å². The highest BCUT2D eigenvalue weighted by molar-refractivity contribution is 5.78. The molecule has 120 valence electrons. The van der Waals surface area contributed by atoms with Crippen LogP contribution in [0.25, 0.3) is 0 Å². The van der Waals surface area contributed by atoms with E-state index in [0.717, 1.165) is 45.1 Å². The van der Waals surface area contributed by atoms with Gasteiger partial charge in [-0.25, -0.2) is 0 Å². The van der Waals surface area contributed by atoms with Crippen LogP contribution in [0.15, 0.2) is 0 Å². The van der Waals surface area contributed by atoms with Crippen molar-refractivity contribution in [1.82, 2.24) is 5.32 Å². The second-order valence-electron chi connectivity index (χ2n) is 6.84. The highest BCUT2D eigenvalue weighted by Gasteiger charge is 2.26. The summed E-state index contributed by atoms with van der Waals surface area (Å²) in [6, 6.07) is 0. The molecule has 0 bridgehead atoms. The van der Waals surface area contributed by atoms with Crippen molar-refractivity contribution in [2.75, 3.05) is 6.54 Å². The normalized spacial score (nSPS) is 28.4. The molecule has 0 aromatic carbocycles. The Hall–Kier alpha value is -1.06. The number of hydrogen-bond donors (Lipinski definition) is 2. The maximum Gasteiger partial charge on any atom is 0.306 e. The van der Waals surface area contributed by atoms with Gasteiger partial charge in [0.15, 0.2) is 0 Å². The van der Waals surface area contributed by atoms with Crippen LogP contribution in [0.2, 0.25) is 0 Å². The number of carbonyl (C=O) groups excluding carboxylic acids is 1. The van der Waals surface area contributed by atoms with Gasteiger partial charge in [0.1, 0.15) is 0 Å². The Kier molecular flexibility index (Phi) is 6.52. The van der Waals surface area contributed by atoms with Crippen molar-refractivity contribution in [3.63, 3.8) is 0 Å². The lowest BCUT2D eigenvalue weighted by atomic mass is 9.82. The molecule has 0 aliphatic heterocycles. The number of carboxylic acid groups (broad SMARTS) is 1. The van der Waals surface area contributed by atoms with Crippen LogP contribution in [0.4, 0.5) is 0 Å². The molecular formula is C17H29NO3. The molecule has 2 N–H and O–H groups in total. The van der Waals surface area contributed by atoms with E-state index in [-0.39, 0.29) is 17.7 Å². The number of aliphatic carboxylic acids is 1. The van der Waals surface area contributed by atoms with Gasteiger partial charge in [-0.05, 0) is 44.4 Å². The zero-order chi connectivity index (χ0) is 15.1. The van der Waals surface area contributed by atoms with Crippen LogP contribution >= 0.6 is 0 Å². The molecule has 4 heteroatoms. The Morgan fingerprint density at radius 3 is 1.95 bits per heavy atom. The van der Waals surface area contributed by atoms with Crippen molar-refractivity contribution >= 4 is 11.9 Å². The number of carboxylic acids is 1. The predicted molar refractivity (Wildman–Crippen MR) is 81.9 cm³/mol. The maximum atomic E-state index is 12.3. The van der Waals surface area contributed by atoms with Crippen molar-refractivity contribution in [2.45, 2.75) is 70.6 Å². The molecular weight excluding hydrogens is 266 g/mol. The zero-order valence-corrected chi connectivity index (χ0v) is 13.0. The van der Waals surface area contributed by atoms with Crippen molar-refractivity contribution in [3.8, 4) is 0 Å². The lowest BCUT2D eigenvalue weighted by Crippen LogP contribution is -2.36. The van der Waals surface area contributed by atoms with Crippen LogP contribution in [0.3, 0.4) is 0 Å². The van der Waals surface area contributed by atoms with Gasteiger partial charge in [0.05, 0.1) is 5.92 Å². The van der Waals surface area contributed by atoms with Crippen LogP contribution in [0.1, 0.15) is 70.6 Å². The Morgan fingerprint density at radius 1 is 0.810 bits per heavy atom. The van der Waals surface area contributed by atoms with Gasteiger partial charge >= 0.3 is 5.97 Å². The minimum Gasteiger partial charge on any atom is -0.481 e. The third-order valence-electron chi connectivity index (χ3n) is 5.24. The molecule has 2 aliphatic carbocycles. The number of amides is 1. The molecule has 4 nitrogen and oxygen atoms in total. The number of carbonyl (C=O) groups is 2. The monoisotopic (exact) mass is 295 g/mol. The average molecular weight is 295 g/mol. The fraction of sp³-hybridized carbons (Fsp3) is 0.882. The largest absolute Gasteiger partial charge is 0.481 e. The first-order valence-electron chi connectivity index (χ1n) is 8.67. The first-order valence-corrected chi connectivity index (χ1v) is 8.67. The van der Waals surface area contributed by atoms with Gasteiger partial charge in [0.2, 0.25) is 5.91 Å². The summed E-state index contributed by atoms with van der Waals surface area (Å²) in [7, 11) is 0. The summed E-state index contributed by atoms with van der Waals surface area (Å²) in [5, 5.41) is 12.1. The van der Waals surface area contributed by atoms with Crippen molar-refractivity contribution < 1.29 is 14.7 Å². The zero-order valence-electron chi connectivity index (χ0n) is 13.0. The van der Waals surface area contributed by atoms with E-state index < -0.39 is 5.97 Å². The van der Waals surface area contributed by atoms with E-state index in [2.05, 4.69) is 5.32 Å². The first-order chi connectivity index (χ1) is 10.2. The standard InChI is InChI=1S/C17H29NO3/c19-16(14-6-4-2-1-3-5-7-14)18-12-13-8-10-15(11-9-13)17(20)21/h13-15H,1-12H2,(H,18,19)(H,20,21). The molecule has 21 heavy (non-hydrogen) atoms. The first kappa shape index (κ1) is 16.3. The molecule has 0 heterocycles. The highest BCUT2D eigenvalue weighted by atomic mass is 16.4. The SMILES string of the molecule is O=C(O)C1CCC(CNC(=O)C2CCCCCCC2)CC1. The highest BCUT2D eigenvalue weighted by Crippen LogP contribution is 2.29. The summed E-state index contributed by atoms with van der Waals surface area (Å²) in [5.74, 6) is 0.0885. The summed E-state index contributed by atoms with van der Waals surface area (Å²) in [5.41, 5.74) is 0. The van der Waals surface area contributed by atoms with Gasteiger partial charge in [0.25, 0.3) is 0 Å². The minimum absolute atomic E-state index is 0.164. The van der Waals surface area contributed by atoms with Gasteiger partial charge in [-0.2, -0.15) is 0 Å². The Labute approximate surface area is 127 Å². The molecule has 2 aliphatic rings. The second kappa shape index (κ2) is 8.40. The number of nitrogens with one attached hydrogen (secondary N) is 1. The van der Waals surface area contributed by atoms with Crippen LogP contribution < -0.4 is 5.32 Å². The second-order valence-corrected chi connectivity index (χ2v) is 6.84. The number of hydrogen-bond acceptors (Lipinski definition) is 2. The molecule has 0 unspecified atom stereocenters. The van der Waals surface area contributed by atoms with Crippen LogP contribution in [0, 0.1) is 17.8 Å².